The summed E-state index contributed by atoms with van der Waals surface area (Å²) in [4.78, 5) is 49.5. The Balaban J connectivity index is 1.84. The van der Waals surface area contributed by atoms with Gasteiger partial charge in [-0.2, -0.15) is 0 Å². The van der Waals surface area contributed by atoms with Gasteiger partial charge < -0.3 is 4.74 Å². The number of hydrogen-bond acceptors (Lipinski definition) is 5. The zero-order valence-electron chi connectivity index (χ0n) is 14.4. The number of hydrogen-bond donors (Lipinski definition) is 1. The first kappa shape index (κ1) is 17.3. The van der Waals surface area contributed by atoms with Gasteiger partial charge in [0.2, 0.25) is 11.8 Å². The second kappa shape index (κ2) is 6.07. The molecule has 0 bridgehead atoms. The topological polar surface area (TPSA) is 92.8 Å². The van der Waals surface area contributed by atoms with E-state index in [0.717, 1.165) is 10.5 Å². The first-order valence-corrected chi connectivity index (χ1v) is 8.16. The number of carbonyl (C=O) groups is 4. The van der Waals surface area contributed by atoms with E-state index >= 15 is 0 Å². The number of amides is 4. The molecule has 2 aliphatic heterocycles. The van der Waals surface area contributed by atoms with Gasteiger partial charge in [0.1, 0.15) is 6.04 Å². The van der Waals surface area contributed by atoms with E-state index in [1.807, 2.05) is 20.8 Å². The molecule has 25 heavy (non-hydrogen) atoms. The van der Waals surface area contributed by atoms with Crippen LogP contribution in [0.5, 0.6) is 0 Å². The van der Waals surface area contributed by atoms with Crippen LogP contribution in [0.15, 0.2) is 18.2 Å². The molecule has 7 nitrogen and oxygen atoms in total. The second-order valence-electron chi connectivity index (χ2n) is 7.23. The van der Waals surface area contributed by atoms with Crippen molar-refractivity contribution >= 4 is 23.6 Å². The second-order valence-corrected chi connectivity index (χ2v) is 7.23. The van der Waals surface area contributed by atoms with Crippen molar-refractivity contribution in [3.8, 4) is 0 Å². The number of nitrogens with one attached hydrogen (secondary N) is 1. The standard InChI is InChI=1S/C18H20N2O5/c1-18(2,3)25-9-10-4-5-11-12(8-10)17(24)20(16(11)23)13-6-7-14(21)19-15(13)22/h4-5,8,13H,6-7,9H2,1-3H3,(H,19,21,22). The first-order chi connectivity index (χ1) is 11.7. The molecule has 3 rings (SSSR count). The van der Waals surface area contributed by atoms with Crippen molar-refractivity contribution in [3.63, 3.8) is 0 Å². The van der Waals surface area contributed by atoms with Gasteiger partial charge in [0, 0.05) is 6.42 Å². The van der Waals surface area contributed by atoms with Gasteiger partial charge in [-0.3, -0.25) is 29.4 Å². The molecule has 1 N–H and O–H groups in total. The van der Waals surface area contributed by atoms with Gasteiger partial charge in [-0.1, -0.05) is 6.07 Å². The summed E-state index contributed by atoms with van der Waals surface area (Å²) < 4.78 is 5.70. The predicted molar refractivity (Wildman–Crippen MR) is 87.7 cm³/mol. The molecule has 1 atom stereocenters. The molecule has 1 aromatic carbocycles. The Labute approximate surface area is 145 Å². The Bertz CT molecular complexity index is 778. The molecule has 7 heteroatoms. The lowest BCUT2D eigenvalue weighted by Gasteiger charge is -2.27. The van der Waals surface area contributed by atoms with Crippen LogP contribution in [0.25, 0.3) is 0 Å². The van der Waals surface area contributed by atoms with Crippen LogP contribution in [0.4, 0.5) is 0 Å². The molecule has 2 heterocycles. The van der Waals surface area contributed by atoms with Crippen LogP contribution in [0.1, 0.15) is 59.9 Å². The molecule has 0 aromatic heterocycles. The fraction of sp³-hybridized carbons (Fsp3) is 0.444. The molecular formula is C18H20N2O5. The van der Waals surface area contributed by atoms with Crippen LogP contribution >= 0.6 is 0 Å². The van der Waals surface area contributed by atoms with E-state index in [9.17, 15) is 19.2 Å². The van der Waals surface area contributed by atoms with E-state index in [0.29, 0.717) is 6.61 Å². The van der Waals surface area contributed by atoms with Crippen LogP contribution < -0.4 is 5.32 Å². The van der Waals surface area contributed by atoms with E-state index in [1.165, 1.54) is 0 Å². The highest BCUT2D eigenvalue weighted by atomic mass is 16.5. The monoisotopic (exact) mass is 344 g/mol. The van der Waals surface area contributed by atoms with Crippen LogP contribution in [-0.2, 0) is 20.9 Å². The van der Waals surface area contributed by atoms with Crippen molar-refractivity contribution in [2.75, 3.05) is 0 Å². The van der Waals surface area contributed by atoms with Crippen LogP contribution in [0.2, 0.25) is 0 Å². The number of imide groups is 2. The van der Waals surface area contributed by atoms with Crippen molar-refractivity contribution in [1.82, 2.24) is 10.2 Å². The lowest BCUT2D eigenvalue weighted by atomic mass is 10.0. The maximum atomic E-state index is 12.7. The summed E-state index contributed by atoms with van der Waals surface area (Å²) in [6.45, 7) is 6.11. The van der Waals surface area contributed by atoms with Crippen molar-refractivity contribution in [2.45, 2.75) is 51.9 Å². The van der Waals surface area contributed by atoms with Gasteiger partial charge in [-0.05, 0) is 44.9 Å². The summed E-state index contributed by atoms with van der Waals surface area (Å²) in [5.41, 5.74) is 0.997. The summed E-state index contributed by atoms with van der Waals surface area (Å²) in [6.07, 6.45) is 0.255. The van der Waals surface area contributed by atoms with Crippen molar-refractivity contribution in [3.05, 3.63) is 34.9 Å². The van der Waals surface area contributed by atoms with Crippen molar-refractivity contribution in [2.24, 2.45) is 0 Å². The minimum atomic E-state index is -0.945. The van der Waals surface area contributed by atoms with E-state index < -0.39 is 23.8 Å². The molecular weight excluding hydrogens is 324 g/mol. The summed E-state index contributed by atoms with van der Waals surface area (Å²) in [5, 5.41) is 2.18. The molecule has 132 valence electrons. The zero-order chi connectivity index (χ0) is 18.4. The molecule has 1 aromatic rings. The number of piperidine rings is 1. The Morgan fingerprint density at radius 3 is 2.44 bits per heavy atom. The average molecular weight is 344 g/mol. The Hall–Kier alpha value is -2.54. The van der Waals surface area contributed by atoms with E-state index in [-0.39, 0.29) is 35.5 Å². The maximum absolute atomic E-state index is 12.7. The molecule has 0 spiro atoms. The molecule has 0 saturated carbocycles. The van der Waals surface area contributed by atoms with Gasteiger partial charge >= 0.3 is 0 Å². The normalized spacial score (nSPS) is 20.8. The third kappa shape index (κ3) is 3.32. The SMILES string of the molecule is CC(C)(C)OCc1ccc2c(c1)C(=O)N(C1CCC(=O)NC1=O)C2=O. The van der Waals surface area contributed by atoms with E-state index in [2.05, 4.69) is 5.32 Å². The zero-order valence-corrected chi connectivity index (χ0v) is 14.4. The smallest absolute Gasteiger partial charge is 0.262 e. The first-order valence-electron chi connectivity index (χ1n) is 8.16. The van der Waals surface area contributed by atoms with Crippen LogP contribution in [-0.4, -0.2) is 40.2 Å². The summed E-state index contributed by atoms with van der Waals surface area (Å²) in [6, 6.07) is 4.01. The number of rotatable bonds is 3. The van der Waals surface area contributed by atoms with E-state index in [1.54, 1.807) is 18.2 Å². The molecule has 0 radical (unpaired) electrons. The van der Waals surface area contributed by atoms with Crippen molar-refractivity contribution < 1.29 is 23.9 Å². The Morgan fingerprint density at radius 1 is 1.12 bits per heavy atom. The quantitative estimate of drug-likeness (QED) is 0.837. The molecule has 4 amide bonds. The lowest BCUT2D eigenvalue weighted by molar-refractivity contribution is -0.136. The molecule has 0 aliphatic carbocycles. The Kier molecular flexibility index (Phi) is 4.20. The van der Waals surface area contributed by atoms with Gasteiger partial charge in [0.05, 0.1) is 23.3 Å². The highest BCUT2D eigenvalue weighted by molar-refractivity contribution is 6.23. The van der Waals surface area contributed by atoms with Gasteiger partial charge in [-0.15, -0.1) is 0 Å². The third-order valence-corrected chi connectivity index (χ3v) is 4.18. The fourth-order valence-corrected chi connectivity index (χ4v) is 2.91. The van der Waals surface area contributed by atoms with Crippen LogP contribution in [0, 0.1) is 0 Å². The average Bonchev–Trinajstić information content (AvgIpc) is 2.77. The largest absolute Gasteiger partial charge is 0.371 e. The van der Waals surface area contributed by atoms with Crippen molar-refractivity contribution in [1.29, 1.82) is 0 Å². The van der Waals surface area contributed by atoms with Crippen LogP contribution in [0.3, 0.4) is 0 Å². The summed E-state index contributed by atoms with van der Waals surface area (Å²) in [5.74, 6) is -2.01. The van der Waals surface area contributed by atoms with Gasteiger partial charge in [0.25, 0.3) is 11.8 Å². The fourth-order valence-electron chi connectivity index (χ4n) is 2.91. The summed E-state index contributed by atoms with van der Waals surface area (Å²) in [7, 11) is 0. The highest BCUT2D eigenvalue weighted by Gasteiger charge is 2.44. The maximum Gasteiger partial charge on any atom is 0.262 e. The minimum Gasteiger partial charge on any atom is -0.371 e. The highest BCUT2D eigenvalue weighted by Crippen LogP contribution is 2.28. The van der Waals surface area contributed by atoms with Gasteiger partial charge in [0.15, 0.2) is 0 Å². The molecule has 1 unspecified atom stereocenters. The molecule has 1 fully saturated rings. The lowest BCUT2D eigenvalue weighted by Crippen LogP contribution is -2.54. The third-order valence-electron chi connectivity index (χ3n) is 4.18. The number of benzene rings is 1. The summed E-state index contributed by atoms with van der Waals surface area (Å²) >= 11 is 0. The van der Waals surface area contributed by atoms with Gasteiger partial charge in [-0.25, -0.2) is 0 Å². The molecule has 2 aliphatic rings. The number of ether oxygens (including phenoxy) is 1. The predicted octanol–water partition coefficient (Wildman–Crippen LogP) is 1.40. The number of carbonyl (C=O) groups excluding carboxylic acids is 4. The number of nitrogens with zero attached hydrogens (tertiary/aromatic N) is 1. The Morgan fingerprint density at radius 2 is 1.80 bits per heavy atom. The minimum absolute atomic E-state index is 0.106. The number of fused-ring (bicyclic) bond motifs is 1. The molecule has 1 saturated heterocycles. The van der Waals surface area contributed by atoms with E-state index in [4.69, 9.17) is 4.74 Å².